The van der Waals surface area contributed by atoms with Gasteiger partial charge in [0.25, 0.3) is 5.91 Å². The molecule has 142 valence electrons. The van der Waals surface area contributed by atoms with Crippen molar-refractivity contribution in [1.29, 1.82) is 0 Å². The van der Waals surface area contributed by atoms with Crippen molar-refractivity contribution < 1.29 is 18.7 Å². The van der Waals surface area contributed by atoms with E-state index in [1.165, 1.54) is 12.1 Å². The fraction of sp³-hybridized carbons (Fsp3) is 0.364. The molecule has 0 saturated heterocycles. The highest BCUT2D eigenvalue weighted by molar-refractivity contribution is 5.94. The maximum absolute atomic E-state index is 13.5. The molecular weight excluding hydrogens is 345 g/mol. The molecule has 2 aromatic rings. The summed E-state index contributed by atoms with van der Waals surface area (Å²) >= 11 is 0. The van der Waals surface area contributed by atoms with Crippen molar-refractivity contribution in [2.45, 2.75) is 47.2 Å². The Kier molecular flexibility index (Phi) is 5.31. The summed E-state index contributed by atoms with van der Waals surface area (Å²) in [5, 5.41) is 0. The molecule has 0 unspecified atom stereocenters. The minimum absolute atomic E-state index is 0.186. The van der Waals surface area contributed by atoms with Gasteiger partial charge in [-0.1, -0.05) is 6.07 Å². The third kappa shape index (κ3) is 3.59. The highest BCUT2D eigenvalue weighted by Gasteiger charge is 2.29. The summed E-state index contributed by atoms with van der Waals surface area (Å²) < 4.78 is 18.6. The first-order chi connectivity index (χ1) is 12.8. The highest BCUT2D eigenvalue weighted by atomic mass is 19.1. The second-order valence-electron chi connectivity index (χ2n) is 6.96. The number of esters is 1. The maximum atomic E-state index is 13.5. The number of carbonyl (C=O) groups is 2. The average molecular weight is 369 g/mol. The van der Waals surface area contributed by atoms with Crippen molar-refractivity contribution in [3.8, 4) is 0 Å². The third-order valence-electron chi connectivity index (χ3n) is 5.42. The third-order valence-corrected chi connectivity index (χ3v) is 5.42. The van der Waals surface area contributed by atoms with Crippen LogP contribution in [0.5, 0.6) is 0 Å². The van der Waals surface area contributed by atoms with E-state index in [0.29, 0.717) is 25.3 Å². The molecule has 0 aromatic heterocycles. The van der Waals surface area contributed by atoms with Gasteiger partial charge in [-0.15, -0.1) is 0 Å². The van der Waals surface area contributed by atoms with Gasteiger partial charge in [0.2, 0.25) is 0 Å². The van der Waals surface area contributed by atoms with Gasteiger partial charge in [0, 0.05) is 18.7 Å². The Morgan fingerprint density at radius 3 is 2.37 bits per heavy atom. The van der Waals surface area contributed by atoms with E-state index in [2.05, 4.69) is 0 Å². The van der Waals surface area contributed by atoms with Crippen LogP contribution in [0.4, 0.5) is 4.39 Å². The molecule has 0 spiro atoms. The van der Waals surface area contributed by atoms with Crippen LogP contribution in [-0.2, 0) is 29.0 Å². The van der Waals surface area contributed by atoms with Crippen LogP contribution in [0, 0.1) is 26.6 Å². The Bertz CT molecular complexity index is 920. The van der Waals surface area contributed by atoms with Crippen molar-refractivity contribution in [2.24, 2.45) is 0 Å². The number of hydrogen-bond acceptors (Lipinski definition) is 3. The van der Waals surface area contributed by atoms with Crippen LogP contribution in [0.2, 0.25) is 0 Å². The predicted molar refractivity (Wildman–Crippen MR) is 101 cm³/mol. The van der Waals surface area contributed by atoms with E-state index in [1.54, 1.807) is 24.0 Å². The highest BCUT2D eigenvalue weighted by Crippen LogP contribution is 2.34. The molecule has 1 aliphatic heterocycles. The van der Waals surface area contributed by atoms with Crippen molar-refractivity contribution in [2.75, 3.05) is 6.61 Å². The number of halogens is 1. The van der Waals surface area contributed by atoms with Gasteiger partial charge < -0.3 is 9.64 Å². The van der Waals surface area contributed by atoms with Gasteiger partial charge in [-0.25, -0.2) is 4.39 Å². The van der Waals surface area contributed by atoms with Crippen molar-refractivity contribution in [1.82, 2.24) is 4.90 Å². The predicted octanol–water partition coefficient (Wildman–Crippen LogP) is 4.01. The van der Waals surface area contributed by atoms with Crippen LogP contribution in [-0.4, -0.2) is 23.4 Å². The van der Waals surface area contributed by atoms with E-state index in [4.69, 9.17) is 4.74 Å². The van der Waals surface area contributed by atoms with Crippen LogP contribution in [0.15, 0.2) is 24.3 Å². The lowest BCUT2D eigenvalue weighted by Gasteiger charge is -2.17. The summed E-state index contributed by atoms with van der Waals surface area (Å²) in [6.45, 7) is 9.15. The number of rotatable bonds is 4. The Balaban J connectivity index is 1.92. The minimum Gasteiger partial charge on any atom is -0.466 e. The summed E-state index contributed by atoms with van der Waals surface area (Å²) in [7, 11) is 0. The van der Waals surface area contributed by atoms with Crippen molar-refractivity contribution >= 4 is 11.9 Å². The molecule has 0 bridgehead atoms. The molecule has 0 atom stereocenters. The second kappa shape index (κ2) is 7.51. The molecule has 1 heterocycles. The van der Waals surface area contributed by atoms with E-state index in [9.17, 15) is 14.0 Å². The summed E-state index contributed by atoms with van der Waals surface area (Å²) in [6.07, 6.45) is 0.234. The van der Waals surface area contributed by atoms with Crippen molar-refractivity contribution in [3.63, 3.8) is 0 Å². The second-order valence-corrected chi connectivity index (χ2v) is 6.96. The zero-order chi connectivity index (χ0) is 19.7. The van der Waals surface area contributed by atoms with Gasteiger partial charge in [0.15, 0.2) is 0 Å². The molecule has 3 rings (SSSR count). The van der Waals surface area contributed by atoms with Crippen molar-refractivity contribution in [3.05, 3.63) is 69.0 Å². The first-order valence-electron chi connectivity index (χ1n) is 9.14. The number of carbonyl (C=O) groups excluding carboxylic acids is 2. The molecule has 5 heteroatoms. The fourth-order valence-electron chi connectivity index (χ4n) is 3.80. The van der Waals surface area contributed by atoms with E-state index in [1.807, 2.05) is 20.8 Å². The van der Waals surface area contributed by atoms with Gasteiger partial charge >= 0.3 is 5.97 Å². The van der Waals surface area contributed by atoms with E-state index in [-0.39, 0.29) is 18.3 Å². The molecule has 0 fully saturated rings. The SMILES string of the molecule is CCOC(=O)Cc1c(C)c(C)c2c(c1C)CN(C(=O)c1cccc(F)c1)C2. The molecule has 0 radical (unpaired) electrons. The number of hydrogen-bond donors (Lipinski definition) is 0. The molecular formula is C22H24FNO3. The Morgan fingerprint density at radius 2 is 1.74 bits per heavy atom. The van der Waals surface area contributed by atoms with Gasteiger partial charge in [-0.2, -0.15) is 0 Å². The average Bonchev–Trinajstić information content (AvgIpc) is 3.09. The van der Waals surface area contributed by atoms with E-state index in [0.717, 1.165) is 33.4 Å². The molecule has 0 N–H and O–H groups in total. The molecule has 2 aromatic carbocycles. The number of fused-ring (bicyclic) bond motifs is 1. The van der Waals surface area contributed by atoms with Gasteiger partial charge in [-0.3, -0.25) is 9.59 Å². The van der Waals surface area contributed by atoms with Crippen LogP contribution < -0.4 is 0 Å². The normalized spacial score (nSPS) is 12.9. The number of nitrogens with zero attached hydrogens (tertiary/aromatic N) is 1. The smallest absolute Gasteiger partial charge is 0.310 e. The monoisotopic (exact) mass is 369 g/mol. The topological polar surface area (TPSA) is 46.6 Å². The summed E-state index contributed by atoms with van der Waals surface area (Å²) in [5.41, 5.74) is 6.75. The van der Waals surface area contributed by atoms with Crippen LogP contribution in [0.3, 0.4) is 0 Å². The zero-order valence-electron chi connectivity index (χ0n) is 16.2. The maximum Gasteiger partial charge on any atom is 0.310 e. The van der Waals surface area contributed by atoms with Gasteiger partial charge in [0.05, 0.1) is 13.0 Å². The van der Waals surface area contributed by atoms with Gasteiger partial charge in [-0.05, 0) is 79.3 Å². The fourth-order valence-corrected chi connectivity index (χ4v) is 3.80. The lowest BCUT2D eigenvalue weighted by atomic mass is 9.88. The van der Waals surface area contributed by atoms with Crippen LogP contribution in [0.25, 0.3) is 0 Å². The summed E-state index contributed by atoms with van der Waals surface area (Å²) in [5.74, 6) is -0.847. The molecule has 4 nitrogen and oxygen atoms in total. The lowest BCUT2D eigenvalue weighted by molar-refractivity contribution is -0.142. The number of benzene rings is 2. The largest absolute Gasteiger partial charge is 0.466 e. The lowest BCUT2D eigenvalue weighted by Crippen LogP contribution is -2.25. The summed E-state index contributed by atoms with van der Waals surface area (Å²) in [6, 6.07) is 5.77. The van der Waals surface area contributed by atoms with Crippen LogP contribution >= 0.6 is 0 Å². The minimum atomic E-state index is -0.419. The zero-order valence-corrected chi connectivity index (χ0v) is 16.2. The first kappa shape index (κ1) is 19.1. The molecule has 0 saturated carbocycles. The number of amides is 1. The Morgan fingerprint density at radius 1 is 1.07 bits per heavy atom. The molecule has 0 aliphatic carbocycles. The molecule has 27 heavy (non-hydrogen) atoms. The quantitative estimate of drug-likeness (QED) is 0.765. The molecule has 1 amide bonds. The van der Waals surface area contributed by atoms with Crippen LogP contribution in [0.1, 0.15) is 50.7 Å². The van der Waals surface area contributed by atoms with E-state index >= 15 is 0 Å². The number of ether oxygens (including phenoxy) is 1. The molecule has 1 aliphatic rings. The standard InChI is InChI=1S/C22H24FNO3/c1-5-27-21(25)10-18-13(2)14(3)19-11-24(12-20(19)15(18)4)22(26)16-7-6-8-17(23)9-16/h6-9H,5,10-12H2,1-4H3. The Hall–Kier alpha value is -2.69. The van der Waals surface area contributed by atoms with Gasteiger partial charge in [0.1, 0.15) is 5.82 Å². The first-order valence-corrected chi connectivity index (χ1v) is 9.14. The van der Waals surface area contributed by atoms with E-state index < -0.39 is 5.82 Å². The summed E-state index contributed by atoms with van der Waals surface area (Å²) in [4.78, 5) is 26.5. The Labute approximate surface area is 158 Å².